The second-order valence-electron chi connectivity index (χ2n) is 2.66. The fraction of sp³-hybridized carbons (Fsp3) is 0.600. The molecule has 0 saturated heterocycles. The maximum atomic E-state index is 5.95. The number of hydrogen-bond acceptors (Lipinski definition) is 1. The van der Waals surface area contributed by atoms with Gasteiger partial charge in [-0.1, -0.05) is 5.70 Å². The lowest BCUT2D eigenvalue weighted by molar-refractivity contribution is 0.595. The molecule has 0 aliphatic carbocycles. The summed E-state index contributed by atoms with van der Waals surface area (Å²) in [5.74, 6) is 0. The van der Waals surface area contributed by atoms with Crippen LogP contribution in [-0.2, 0) is 4.12 Å². The second-order valence-corrected chi connectivity index (χ2v) is 13.6. The zero-order valence-corrected chi connectivity index (χ0v) is 9.96. The maximum Gasteiger partial charge on any atom is 0.302 e. The van der Waals surface area contributed by atoms with Gasteiger partial charge in [-0.15, -0.1) is 28.7 Å². The molecule has 0 aromatic rings. The van der Waals surface area contributed by atoms with E-state index >= 15 is 0 Å². The van der Waals surface area contributed by atoms with Gasteiger partial charge in [-0.05, 0) is 19.6 Å². The smallest absolute Gasteiger partial charge is 0.302 e. The van der Waals surface area contributed by atoms with Gasteiger partial charge in [-0.25, -0.2) is 0 Å². The van der Waals surface area contributed by atoms with Crippen LogP contribution in [0.25, 0.3) is 0 Å². The molecule has 0 rings (SSSR count). The molecule has 1 atom stereocenters. The average molecular weight is 215 g/mol. The standard InChI is InChI=1S/C5H12Cl2OSi2/c1-5-10(4,7)8-9(2,3)6/h5H,1H2,2-4H3. The molecule has 0 N–H and O–H groups in total. The van der Waals surface area contributed by atoms with E-state index in [0.29, 0.717) is 0 Å². The predicted molar refractivity (Wildman–Crippen MR) is 52.1 cm³/mol. The van der Waals surface area contributed by atoms with Crippen LogP contribution in [0.3, 0.4) is 0 Å². The molecule has 0 aliphatic heterocycles. The Kier molecular flexibility index (Phi) is 3.65. The lowest BCUT2D eigenvalue weighted by atomic mass is 11.3. The van der Waals surface area contributed by atoms with Crippen LogP contribution in [0.2, 0.25) is 19.6 Å². The zero-order valence-electron chi connectivity index (χ0n) is 6.45. The van der Waals surface area contributed by atoms with Crippen molar-refractivity contribution in [2.24, 2.45) is 0 Å². The van der Waals surface area contributed by atoms with Crippen LogP contribution in [0, 0.1) is 0 Å². The number of hydrogen-bond donors (Lipinski definition) is 0. The van der Waals surface area contributed by atoms with Gasteiger partial charge in [0.2, 0.25) is 0 Å². The van der Waals surface area contributed by atoms with Gasteiger partial charge < -0.3 is 4.12 Å². The molecular weight excluding hydrogens is 203 g/mol. The first-order valence-electron chi connectivity index (χ1n) is 2.98. The van der Waals surface area contributed by atoms with Crippen LogP contribution in [-0.4, -0.2) is 15.3 Å². The van der Waals surface area contributed by atoms with Gasteiger partial charge >= 0.3 is 7.63 Å². The van der Waals surface area contributed by atoms with Crippen molar-refractivity contribution < 1.29 is 4.12 Å². The molecule has 0 aromatic carbocycles. The quantitative estimate of drug-likeness (QED) is 0.519. The highest BCUT2D eigenvalue weighted by atomic mass is 35.6. The normalized spacial score (nSPS) is 18.1. The van der Waals surface area contributed by atoms with Crippen molar-refractivity contribution in [3.63, 3.8) is 0 Å². The van der Waals surface area contributed by atoms with Crippen LogP contribution in [0.15, 0.2) is 12.3 Å². The minimum Gasteiger partial charge on any atom is -0.430 e. The van der Waals surface area contributed by atoms with Crippen molar-refractivity contribution in [3.8, 4) is 0 Å². The van der Waals surface area contributed by atoms with E-state index in [0.717, 1.165) is 0 Å². The first-order chi connectivity index (χ1) is 4.27. The van der Waals surface area contributed by atoms with Crippen LogP contribution < -0.4 is 0 Å². The molecule has 60 valence electrons. The van der Waals surface area contributed by atoms with Crippen molar-refractivity contribution in [2.75, 3.05) is 0 Å². The van der Waals surface area contributed by atoms with Gasteiger partial charge in [0.05, 0.1) is 0 Å². The molecule has 0 fully saturated rings. The molecule has 0 radical (unpaired) electrons. The number of rotatable bonds is 3. The van der Waals surface area contributed by atoms with E-state index in [2.05, 4.69) is 6.58 Å². The van der Waals surface area contributed by atoms with Crippen LogP contribution in [0.5, 0.6) is 0 Å². The van der Waals surface area contributed by atoms with Gasteiger partial charge in [0, 0.05) is 0 Å². The van der Waals surface area contributed by atoms with Gasteiger partial charge in [0.25, 0.3) is 7.63 Å². The Hall–Kier alpha value is 0.714. The molecule has 0 bridgehead atoms. The summed E-state index contributed by atoms with van der Waals surface area (Å²) in [5, 5.41) is 0. The molecule has 0 amide bonds. The van der Waals surface area contributed by atoms with Crippen molar-refractivity contribution in [2.45, 2.75) is 19.6 Å². The highest BCUT2D eigenvalue weighted by molar-refractivity contribution is 7.26. The van der Waals surface area contributed by atoms with Crippen molar-refractivity contribution in [1.29, 1.82) is 0 Å². The summed E-state index contributed by atoms with van der Waals surface area (Å²) < 4.78 is 5.46. The molecule has 1 nitrogen and oxygen atoms in total. The Labute approximate surface area is 73.6 Å². The van der Waals surface area contributed by atoms with Gasteiger partial charge in [-0.2, -0.15) is 0 Å². The van der Waals surface area contributed by atoms with Gasteiger partial charge in [-0.3, -0.25) is 0 Å². The minimum atomic E-state index is -2.15. The molecule has 0 aliphatic rings. The van der Waals surface area contributed by atoms with Crippen LogP contribution in [0.4, 0.5) is 0 Å². The van der Waals surface area contributed by atoms with Crippen LogP contribution >= 0.6 is 22.2 Å². The Morgan fingerprint density at radius 2 is 1.70 bits per heavy atom. The fourth-order valence-corrected chi connectivity index (χ4v) is 8.18. The van der Waals surface area contributed by atoms with E-state index in [1.165, 1.54) is 0 Å². The molecule has 1 unspecified atom stereocenters. The maximum absolute atomic E-state index is 5.95. The summed E-state index contributed by atoms with van der Waals surface area (Å²) in [7, 11) is -4.13. The van der Waals surface area contributed by atoms with Crippen molar-refractivity contribution in [1.82, 2.24) is 0 Å². The van der Waals surface area contributed by atoms with E-state index < -0.39 is 15.3 Å². The lowest BCUT2D eigenvalue weighted by Crippen LogP contribution is -2.37. The highest BCUT2D eigenvalue weighted by Crippen LogP contribution is 2.20. The summed E-state index contributed by atoms with van der Waals surface area (Å²) in [5.41, 5.74) is 1.67. The second kappa shape index (κ2) is 3.41. The highest BCUT2D eigenvalue weighted by Gasteiger charge is 2.31. The van der Waals surface area contributed by atoms with E-state index in [4.69, 9.17) is 26.3 Å². The molecule has 10 heavy (non-hydrogen) atoms. The summed E-state index contributed by atoms with van der Waals surface area (Å²) in [6.07, 6.45) is 0. The fourth-order valence-electron chi connectivity index (χ4n) is 0.516. The number of halogens is 2. The van der Waals surface area contributed by atoms with E-state index in [-0.39, 0.29) is 0 Å². The Morgan fingerprint density at radius 1 is 1.30 bits per heavy atom. The average Bonchev–Trinajstić information content (AvgIpc) is 1.60. The Bertz CT molecular complexity index is 130. The third kappa shape index (κ3) is 5.49. The first kappa shape index (κ1) is 10.7. The van der Waals surface area contributed by atoms with E-state index in [1.807, 2.05) is 19.6 Å². The monoisotopic (exact) mass is 214 g/mol. The molecule has 5 heteroatoms. The van der Waals surface area contributed by atoms with Crippen LogP contribution in [0.1, 0.15) is 0 Å². The molecule has 0 saturated carbocycles. The summed E-state index contributed by atoms with van der Waals surface area (Å²) in [4.78, 5) is 0. The lowest BCUT2D eigenvalue weighted by Gasteiger charge is -2.23. The van der Waals surface area contributed by atoms with Crippen molar-refractivity contribution in [3.05, 3.63) is 12.3 Å². The van der Waals surface area contributed by atoms with Gasteiger partial charge in [0.15, 0.2) is 0 Å². The zero-order chi connectivity index (χ0) is 8.41. The van der Waals surface area contributed by atoms with Crippen molar-refractivity contribution >= 4 is 37.4 Å². The Balaban J connectivity index is 4.01. The van der Waals surface area contributed by atoms with E-state index in [9.17, 15) is 0 Å². The van der Waals surface area contributed by atoms with Gasteiger partial charge in [0.1, 0.15) is 0 Å². The predicted octanol–water partition coefficient (Wildman–Crippen LogP) is 2.98. The Morgan fingerprint density at radius 3 is 1.80 bits per heavy atom. The third-order valence-corrected chi connectivity index (χ3v) is 6.93. The molecule has 0 spiro atoms. The molecular formula is C5H12Cl2OSi2. The molecule has 0 heterocycles. The largest absolute Gasteiger partial charge is 0.430 e. The first-order valence-corrected chi connectivity index (χ1v) is 10.4. The molecule has 0 aromatic heterocycles. The summed E-state index contributed by atoms with van der Waals surface area (Å²) in [6, 6.07) is 0. The summed E-state index contributed by atoms with van der Waals surface area (Å²) in [6.45, 7) is 9.23. The SMILES string of the molecule is C=C[Si](C)(Cl)O[Si](C)(C)Cl. The summed E-state index contributed by atoms with van der Waals surface area (Å²) >= 11 is 11.9. The minimum absolute atomic E-state index is 1.67. The topological polar surface area (TPSA) is 9.23 Å². The third-order valence-electron chi connectivity index (χ3n) is 0.807. The van der Waals surface area contributed by atoms with E-state index in [1.54, 1.807) is 5.70 Å².